The molecule has 2 atom stereocenters. The van der Waals surface area contributed by atoms with E-state index in [1.165, 1.54) is 17.0 Å². The minimum absolute atomic E-state index is 0.170. The zero-order valence-corrected chi connectivity index (χ0v) is 21.3. The summed E-state index contributed by atoms with van der Waals surface area (Å²) in [6.45, 7) is 3.42. The first-order valence-electron chi connectivity index (χ1n) is 13.0. The summed E-state index contributed by atoms with van der Waals surface area (Å²) in [6.07, 6.45) is 2.33. The molecule has 0 spiro atoms. The molecule has 2 heterocycles. The number of hydrogen-bond donors (Lipinski definition) is 0. The Morgan fingerprint density at radius 3 is 2.21 bits per heavy atom. The van der Waals surface area contributed by atoms with E-state index in [1.807, 2.05) is 42.5 Å². The molecule has 0 bridgehead atoms. The van der Waals surface area contributed by atoms with Gasteiger partial charge in [0.15, 0.2) is 12.4 Å². The van der Waals surface area contributed by atoms with Crippen LogP contribution in [0.15, 0.2) is 78.9 Å². The van der Waals surface area contributed by atoms with Crippen LogP contribution in [-0.2, 0) is 14.3 Å². The van der Waals surface area contributed by atoms with Crippen molar-refractivity contribution in [3.05, 3.63) is 90.0 Å². The number of hydrogen-bond acceptors (Lipinski definition) is 6. The van der Waals surface area contributed by atoms with Gasteiger partial charge in [0.05, 0.1) is 23.7 Å². The second-order valence-electron chi connectivity index (χ2n) is 10.0. The van der Waals surface area contributed by atoms with Gasteiger partial charge in [0.25, 0.3) is 5.91 Å². The van der Waals surface area contributed by atoms with E-state index in [0.717, 1.165) is 37.1 Å². The Hall–Kier alpha value is -4.10. The average Bonchev–Trinajstić information content (AvgIpc) is 3.25. The number of imide groups is 1. The van der Waals surface area contributed by atoms with E-state index in [9.17, 15) is 19.2 Å². The zero-order valence-electron chi connectivity index (χ0n) is 21.3. The Bertz CT molecular complexity index is 1330. The van der Waals surface area contributed by atoms with Gasteiger partial charge in [0.1, 0.15) is 0 Å². The van der Waals surface area contributed by atoms with E-state index in [0.29, 0.717) is 17.2 Å². The summed E-state index contributed by atoms with van der Waals surface area (Å²) < 4.78 is 5.23. The van der Waals surface area contributed by atoms with Crippen molar-refractivity contribution in [2.24, 2.45) is 5.92 Å². The molecule has 0 N–H and O–H groups in total. The van der Waals surface area contributed by atoms with Gasteiger partial charge in [-0.2, -0.15) is 0 Å². The highest BCUT2D eigenvalue weighted by Gasteiger charge is 2.43. The molecule has 0 saturated carbocycles. The smallest absolute Gasteiger partial charge is 0.338 e. The summed E-state index contributed by atoms with van der Waals surface area (Å²) in [5.74, 6) is -0.904. The topological polar surface area (TPSA) is 84.0 Å². The van der Waals surface area contributed by atoms with Crippen molar-refractivity contribution in [2.45, 2.75) is 32.2 Å². The number of amides is 2. The number of nitrogens with zero attached hydrogens (tertiary/aromatic N) is 2. The Balaban J connectivity index is 1.17. The van der Waals surface area contributed by atoms with Crippen LogP contribution in [0.3, 0.4) is 0 Å². The first kappa shape index (κ1) is 25.5. The third-order valence-corrected chi connectivity index (χ3v) is 7.26. The number of ketones is 1. The van der Waals surface area contributed by atoms with E-state index in [-0.39, 0.29) is 36.2 Å². The highest BCUT2D eigenvalue weighted by molar-refractivity contribution is 6.22. The van der Waals surface area contributed by atoms with Gasteiger partial charge in [-0.3, -0.25) is 19.3 Å². The molecule has 7 nitrogen and oxygen atoms in total. The average molecular weight is 511 g/mol. The van der Waals surface area contributed by atoms with Crippen LogP contribution < -0.4 is 4.90 Å². The molecule has 38 heavy (non-hydrogen) atoms. The van der Waals surface area contributed by atoms with Gasteiger partial charge < -0.3 is 4.74 Å². The lowest BCUT2D eigenvalue weighted by Crippen LogP contribution is -2.46. The third kappa shape index (κ3) is 5.43. The minimum Gasteiger partial charge on any atom is -0.454 e. The maximum atomic E-state index is 13.1. The Morgan fingerprint density at radius 2 is 1.53 bits per heavy atom. The van der Waals surface area contributed by atoms with Crippen LogP contribution in [0.1, 0.15) is 46.9 Å². The van der Waals surface area contributed by atoms with Crippen LogP contribution >= 0.6 is 0 Å². The van der Waals surface area contributed by atoms with Crippen molar-refractivity contribution in [1.82, 2.24) is 4.90 Å². The van der Waals surface area contributed by atoms with Crippen molar-refractivity contribution in [3.8, 4) is 11.1 Å². The molecule has 194 valence electrons. The molecule has 2 aliphatic heterocycles. The van der Waals surface area contributed by atoms with E-state index in [1.54, 1.807) is 24.3 Å². The van der Waals surface area contributed by atoms with E-state index in [4.69, 9.17) is 4.74 Å². The number of likely N-dealkylation sites (tertiary alicyclic amines) is 1. The lowest BCUT2D eigenvalue weighted by atomic mass is 9.98. The second kappa shape index (κ2) is 11.1. The number of carbonyl (C=O) groups is 4. The molecule has 2 amide bonds. The molecule has 2 fully saturated rings. The highest BCUT2D eigenvalue weighted by atomic mass is 16.5. The van der Waals surface area contributed by atoms with Crippen molar-refractivity contribution >= 4 is 29.3 Å². The summed E-state index contributed by atoms with van der Waals surface area (Å²) in [7, 11) is 0. The fourth-order valence-corrected chi connectivity index (χ4v) is 5.20. The fourth-order valence-electron chi connectivity index (χ4n) is 5.20. The number of anilines is 1. The summed E-state index contributed by atoms with van der Waals surface area (Å²) in [4.78, 5) is 54.2. The summed E-state index contributed by atoms with van der Waals surface area (Å²) >= 11 is 0. The van der Waals surface area contributed by atoms with Gasteiger partial charge in [-0.25, -0.2) is 9.69 Å². The van der Waals surface area contributed by atoms with Crippen LogP contribution in [0.4, 0.5) is 5.69 Å². The minimum atomic E-state index is -0.648. The monoisotopic (exact) mass is 510 g/mol. The van der Waals surface area contributed by atoms with Gasteiger partial charge in [-0.1, -0.05) is 61.5 Å². The first-order chi connectivity index (χ1) is 18.4. The Labute approximate surface area is 222 Å². The Morgan fingerprint density at radius 1 is 0.868 bits per heavy atom. The fraction of sp³-hybridized carbons (Fsp3) is 0.290. The van der Waals surface area contributed by atoms with Gasteiger partial charge >= 0.3 is 5.97 Å². The summed E-state index contributed by atoms with van der Waals surface area (Å²) in [5, 5.41) is 0. The van der Waals surface area contributed by atoms with Gasteiger partial charge in [-0.05, 0) is 60.7 Å². The van der Waals surface area contributed by atoms with Crippen LogP contribution in [-0.4, -0.2) is 54.2 Å². The van der Waals surface area contributed by atoms with Crippen LogP contribution in [0, 0.1) is 5.92 Å². The largest absolute Gasteiger partial charge is 0.454 e. The van der Waals surface area contributed by atoms with Crippen LogP contribution in [0.25, 0.3) is 11.1 Å². The van der Waals surface area contributed by atoms with E-state index in [2.05, 4.69) is 11.8 Å². The van der Waals surface area contributed by atoms with Crippen LogP contribution in [0.5, 0.6) is 0 Å². The molecule has 3 aromatic carbocycles. The van der Waals surface area contributed by atoms with E-state index >= 15 is 0 Å². The predicted octanol–water partition coefficient (Wildman–Crippen LogP) is 4.76. The molecule has 0 aliphatic carbocycles. The molecule has 0 radical (unpaired) electrons. The standard InChI is InChI=1S/C31H30N2O5/c1-21-6-5-17-32(19-21)27-18-29(35)33(30(27)36)26-15-13-25(14-16-26)31(37)38-20-28(34)24-11-9-23(10-12-24)22-7-3-2-4-8-22/h2-4,7-16,21,27H,5-6,17-20H2,1H3. The quantitative estimate of drug-likeness (QED) is 0.259. The molecule has 2 unspecified atom stereocenters. The van der Waals surface area contributed by atoms with Crippen molar-refractivity contribution in [1.29, 1.82) is 0 Å². The number of piperidine rings is 1. The SMILES string of the molecule is CC1CCCN(C2CC(=O)N(c3ccc(C(=O)OCC(=O)c4ccc(-c5ccccc5)cc4)cc3)C2=O)C1. The number of esters is 1. The molecular formula is C31H30N2O5. The molecule has 0 aromatic heterocycles. The highest BCUT2D eigenvalue weighted by Crippen LogP contribution is 2.29. The Kier molecular flexibility index (Phi) is 7.47. The number of Topliss-reactive ketones (excluding diaryl/α,β-unsaturated/α-hetero) is 1. The molecule has 3 aromatic rings. The number of carbonyl (C=O) groups excluding carboxylic acids is 4. The maximum absolute atomic E-state index is 13.1. The third-order valence-electron chi connectivity index (χ3n) is 7.26. The van der Waals surface area contributed by atoms with Gasteiger partial charge in [0, 0.05) is 12.1 Å². The zero-order chi connectivity index (χ0) is 26.6. The molecule has 5 rings (SSSR count). The molecule has 2 saturated heterocycles. The molecular weight excluding hydrogens is 480 g/mol. The number of ether oxygens (including phenoxy) is 1. The van der Waals surface area contributed by atoms with Gasteiger partial charge in [-0.15, -0.1) is 0 Å². The normalized spacial score (nSPS) is 20.0. The van der Waals surface area contributed by atoms with E-state index < -0.39 is 12.0 Å². The first-order valence-corrected chi connectivity index (χ1v) is 13.0. The van der Waals surface area contributed by atoms with Crippen molar-refractivity contribution < 1.29 is 23.9 Å². The van der Waals surface area contributed by atoms with Gasteiger partial charge in [0.2, 0.25) is 5.91 Å². The summed E-state index contributed by atoms with van der Waals surface area (Å²) in [6, 6.07) is 22.7. The maximum Gasteiger partial charge on any atom is 0.338 e. The number of benzene rings is 3. The second-order valence-corrected chi connectivity index (χ2v) is 10.0. The lowest BCUT2D eigenvalue weighted by Gasteiger charge is -2.34. The van der Waals surface area contributed by atoms with Crippen molar-refractivity contribution in [3.63, 3.8) is 0 Å². The lowest BCUT2D eigenvalue weighted by molar-refractivity contribution is -0.123. The molecule has 2 aliphatic rings. The number of rotatable bonds is 7. The predicted molar refractivity (Wildman–Crippen MR) is 144 cm³/mol. The molecule has 7 heteroatoms. The summed E-state index contributed by atoms with van der Waals surface area (Å²) in [5.41, 5.74) is 3.16. The van der Waals surface area contributed by atoms with Crippen LogP contribution in [0.2, 0.25) is 0 Å². The van der Waals surface area contributed by atoms with Crippen molar-refractivity contribution in [2.75, 3.05) is 24.6 Å².